The molecule has 0 radical (unpaired) electrons. The Kier molecular flexibility index (Phi) is 9.84. The van der Waals surface area contributed by atoms with Gasteiger partial charge in [-0.05, 0) is 50.8 Å². The maximum Gasteiger partial charge on any atom is 0.330 e. The Morgan fingerprint density at radius 3 is 2.68 bits per heavy atom. The first-order valence-corrected chi connectivity index (χ1v) is 10.2. The largest absolute Gasteiger partial charge is 0.478 e. The third kappa shape index (κ3) is 8.38. The van der Waals surface area contributed by atoms with E-state index in [1.54, 1.807) is 0 Å². The van der Waals surface area contributed by atoms with Gasteiger partial charge >= 0.3 is 5.97 Å². The fourth-order valence-electron chi connectivity index (χ4n) is 2.89. The number of hydrogen-bond donors (Lipinski definition) is 0. The van der Waals surface area contributed by atoms with E-state index in [0.717, 1.165) is 35.7 Å². The summed E-state index contributed by atoms with van der Waals surface area (Å²) in [6, 6.07) is 12.1. The molecule has 4 nitrogen and oxygen atoms in total. The zero-order valence-corrected chi connectivity index (χ0v) is 17.0. The number of unbranched alkanes of at least 4 members (excludes halogenated alkanes) is 5. The van der Waals surface area contributed by atoms with Gasteiger partial charge < -0.3 is 9.47 Å². The van der Waals surface area contributed by atoms with Gasteiger partial charge in [0.15, 0.2) is 0 Å². The van der Waals surface area contributed by atoms with Crippen molar-refractivity contribution in [3.05, 3.63) is 60.2 Å². The molecule has 0 amide bonds. The van der Waals surface area contributed by atoms with Crippen LogP contribution in [0, 0.1) is 0 Å². The van der Waals surface area contributed by atoms with Gasteiger partial charge in [0.25, 0.3) is 0 Å². The average Bonchev–Trinajstić information content (AvgIpc) is 2.69. The molecule has 0 atom stereocenters. The van der Waals surface area contributed by atoms with E-state index in [2.05, 4.69) is 23.2 Å². The highest BCUT2D eigenvalue weighted by Crippen LogP contribution is 2.16. The Morgan fingerprint density at radius 1 is 1.04 bits per heavy atom. The van der Waals surface area contributed by atoms with E-state index in [1.807, 2.05) is 44.2 Å². The molecule has 150 valence electrons. The van der Waals surface area contributed by atoms with Crippen LogP contribution in [0.3, 0.4) is 0 Å². The quantitative estimate of drug-likeness (QED) is 0.195. The van der Waals surface area contributed by atoms with E-state index in [-0.39, 0.29) is 5.97 Å². The van der Waals surface area contributed by atoms with Crippen molar-refractivity contribution < 1.29 is 14.3 Å². The van der Waals surface area contributed by atoms with Crippen LogP contribution in [-0.2, 0) is 9.53 Å². The molecule has 1 aromatic carbocycles. The number of carbonyl (C=O) groups excluding carboxylic acids is 1. The van der Waals surface area contributed by atoms with Crippen LogP contribution in [0.15, 0.2) is 60.2 Å². The van der Waals surface area contributed by atoms with Crippen LogP contribution in [0.4, 0.5) is 0 Å². The predicted molar refractivity (Wildman–Crippen MR) is 114 cm³/mol. The Balaban J connectivity index is 1.51. The molecule has 0 saturated carbocycles. The molecule has 0 unspecified atom stereocenters. The van der Waals surface area contributed by atoms with Crippen LogP contribution < -0.4 is 4.74 Å². The van der Waals surface area contributed by atoms with E-state index in [9.17, 15) is 4.79 Å². The van der Waals surface area contributed by atoms with Crippen LogP contribution in [0.1, 0.15) is 52.4 Å². The number of esters is 1. The fourth-order valence-corrected chi connectivity index (χ4v) is 2.89. The smallest absolute Gasteiger partial charge is 0.330 e. The second-order valence-corrected chi connectivity index (χ2v) is 6.79. The third-order valence-corrected chi connectivity index (χ3v) is 4.35. The number of hydrogen-bond acceptors (Lipinski definition) is 4. The van der Waals surface area contributed by atoms with Crippen molar-refractivity contribution in [2.24, 2.45) is 0 Å². The number of nitrogens with zero attached hydrogens (tertiary/aromatic N) is 1. The Labute approximate surface area is 168 Å². The molecule has 0 bridgehead atoms. The topological polar surface area (TPSA) is 48.4 Å². The zero-order valence-electron chi connectivity index (χ0n) is 17.0. The van der Waals surface area contributed by atoms with Gasteiger partial charge in [-0.3, -0.25) is 0 Å². The first kappa shape index (κ1) is 21.7. The average molecular weight is 382 g/mol. The van der Waals surface area contributed by atoms with Crippen molar-refractivity contribution in [3.8, 4) is 5.88 Å². The summed E-state index contributed by atoms with van der Waals surface area (Å²) in [5.74, 6) is 0.431. The highest BCUT2D eigenvalue weighted by atomic mass is 16.5. The van der Waals surface area contributed by atoms with Gasteiger partial charge in [-0.15, -0.1) is 0 Å². The molecule has 0 saturated heterocycles. The van der Waals surface area contributed by atoms with E-state index in [0.29, 0.717) is 19.1 Å². The van der Waals surface area contributed by atoms with Crippen molar-refractivity contribution in [2.45, 2.75) is 52.4 Å². The molecule has 1 aromatic heterocycles. The van der Waals surface area contributed by atoms with Crippen molar-refractivity contribution >= 4 is 16.9 Å². The number of fused-ring (bicyclic) bond motifs is 1. The molecule has 0 aliphatic carbocycles. The van der Waals surface area contributed by atoms with Crippen LogP contribution in [0.25, 0.3) is 10.9 Å². The van der Waals surface area contributed by atoms with Gasteiger partial charge in [-0.25, -0.2) is 9.78 Å². The van der Waals surface area contributed by atoms with E-state index < -0.39 is 0 Å². The number of carbonyl (C=O) groups is 1. The normalized spacial score (nSPS) is 11.9. The fraction of sp³-hybridized carbons (Fsp3) is 0.417. The molecule has 2 rings (SSSR count). The van der Waals surface area contributed by atoms with E-state index in [4.69, 9.17) is 9.47 Å². The number of pyridine rings is 1. The molecule has 0 spiro atoms. The first-order valence-electron chi connectivity index (χ1n) is 10.2. The van der Waals surface area contributed by atoms with Crippen molar-refractivity contribution in [3.63, 3.8) is 0 Å². The minimum atomic E-state index is -0.272. The van der Waals surface area contributed by atoms with Gasteiger partial charge in [0.2, 0.25) is 5.88 Å². The summed E-state index contributed by atoms with van der Waals surface area (Å²) in [5, 5.41) is 1.13. The monoisotopic (exact) mass is 381 g/mol. The number of aromatic nitrogens is 1. The number of para-hydroxylation sites is 1. The lowest BCUT2D eigenvalue weighted by Crippen LogP contribution is -1.99. The standard InChI is InChI=1S/C24H31NO3/c1-3-27-24(26)19-20(2)13-9-7-5-4-6-8-12-18-28-23-17-16-21-14-10-11-15-22(21)25-23/h9-11,13-17,19H,3-8,12,18H2,1-2H3/b13-9+,20-19+. The summed E-state index contributed by atoms with van der Waals surface area (Å²) >= 11 is 0. The number of benzene rings is 1. The van der Waals surface area contributed by atoms with Gasteiger partial charge in [0, 0.05) is 17.5 Å². The lowest BCUT2D eigenvalue weighted by molar-refractivity contribution is -0.137. The van der Waals surface area contributed by atoms with Crippen LogP contribution in [0.5, 0.6) is 5.88 Å². The molecular formula is C24H31NO3. The molecule has 2 aromatic rings. The summed E-state index contributed by atoms with van der Waals surface area (Å²) in [5.41, 5.74) is 1.90. The number of allylic oxidation sites excluding steroid dienone is 3. The number of rotatable bonds is 12. The minimum absolute atomic E-state index is 0.272. The number of ether oxygens (including phenoxy) is 2. The molecule has 0 aliphatic rings. The van der Waals surface area contributed by atoms with Gasteiger partial charge in [-0.1, -0.05) is 49.6 Å². The molecule has 4 heteroatoms. The second kappa shape index (κ2) is 12.7. The van der Waals surface area contributed by atoms with Crippen molar-refractivity contribution in [2.75, 3.05) is 13.2 Å². The maximum absolute atomic E-state index is 11.3. The molecule has 1 heterocycles. The van der Waals surface area contributed by atoms with Crippen molar-refractivity contribution in [1.82, 2.24) is 4.98 Å². The molecular weight excluding hydrogens is 350 g/mol. The maximum atomic E-state index is 11.3. The lowest BCUT2D eigenvalue weighted by Gasteiger charge is -2.06. The van der Waals surface area contributed by atoms with Crippen molar-refractivity contribution in [1.29, 1.82) is 0 Å². The second-order valence-electron chi connectivity index (χ2n) is 6.79. The van der Waals surface area contributed by atoms with Gasteiger partial charge in [0.1, 0.15) is 0 Å². The van der Waals surface area contributed by atoms with Gasteiger partial charge in [0.05, 0.1) is 18.7 Å². The Bertz CT molecular complexity index is 795. The summed E-state index contributed by atoms with van der Waals surface area (Å²) in [4.78, 5) is 15.8. The Hall–Kier alpha value is -2.62. The SMILES string of the molecule is CCOC(=O)/C=C(C)/C=C/CCCCCCCOc1ccc2ccccc2n1. The first-order chi connectivity index (χ1) is 13.7. The van der Waals surface area contributed by atoms with Crippen LogP contribution >= 0.6 is 0 Å². The van der Waals surface area contributed by atoms with Crippen LogP contribution in [0.2, 0.25) is 0 Å². The Morgan fingerprint density at radius 2 is 1.82 bits per heavy atom. The van der Waals surface area contributed by atoms with Crippen LogP contribution in [-0.4, -0.2) is 24.2 Å². The summed E-state index contributed by atoms with van der Waals surface area (Å²) in [6.07, 6.45) is 12.5. The minimum Gasteiger partial charge on any atom is -0.478 e. The molecule has 28 heavy (non-hydrogen) atoms. The summed E-state index contributed by atoms with van der Waals surface area (Å²) in [7, 11) is 0. The summed E-state index contributed by atoms with van der Waals surface area (Å²) in [6.45, 7) is 4.85. The summed E-state index contributed by atoms with van der Waals surface area (Å²) < 4.78 is 10.7. The molecule has 0 aliphatic heterocycles. The van der Waals surface area contributed by atoms with Gasteiger partial charge in [-0.2, -0.15) is 0 Å². The highest BCUT2D eigenvalue weighted by molar-refractivity contribution is 5.83. The highest BCUT2D eigenvalue weighted by Gasteiger charge is 1.99. The molecule has 0 N–H and O–H groups in total. The van der Waals surface area contributed by atoms with E-state index >= 15 is 0 Å². The van der Waals surface area contributed by atoms with E-state index in [1.165, 1.54) is 25.3 Å². The molecule has 0 fully saturated rings. The predicted octanol–water partition coefficient (Wildman–Crippen LogP) is 6.02. The lowest BCUT2D eigenvalue weighted by atomic mass is 10.1. The third-order valence-electron chi connectivity index (χ3n) is 4.35. The zero-order chi connectivity index (χ0) is 20.0.